The lowest BCUT2D eigenvalue weighted by atomic mass is 10.2. The summed E-state index contributed by atoms with van der Waals surface area (Å²) in [5.41, 5.74) is 2.22. The number of ether oxygens (including phenoxy) is 2. The topological polar surface area (TPSA) is 42.0 Å². The predicted molar refractivity (Wildman–Crippen MR) is 107 cm³/mol. The molecule has 0 radical (unpaired) electrons. The van der Waals surface area contributed by atoms with Gasteiger partial charge in [0.05, 0.1) is 18.9 Å². The Morgan fingerprint density at radius 2 is 1.88 bits per heavy atom. The third kappa shape index (κ3) is 8.25. The van der Waals surface area contributed by atoms with E-state index in [1.165, 1.54) is 5.69 Å². The molecule has 2 rings (SSSR count). The average molecular weight is 353 g/mol. The van der Waals surface area contributed by atoms with E-state index in [0.29, 0.717) is 13.0 Å². The van der Waals surface area contributed by atoms with Gasteiger partial charge in [0.1, 0.15) is 12.0 Å². The van der Waals surface area contributed by atoms with Crippen molar-refractivity contribution in [2.75, 3.05) is 56.8 Å². The maximum absolute atomic E-state index is 10.4. The highest BCUT2D eigenvalue weighted by atomic mass is 16.5. The van der Waals surface area contributed by atoms with Crippen LogP contribution in [0, 0.1) is 0 Å². The van der Waals surface area contributed by atoms with E-state index < -0.39 is 0 Å². The van der Waals surface area contributed by atoms with Gasteiger partial charge < -0.3 is 24.1 Å². The molecule has 1 aliphatic heterocycles. The van der Waals surface area contributed by atoms with Gasteiger partial charge in [-0.1, -0.05) is 27.7 Å². The molecule has 1 aliphatic rings. The highest BCUT2D eigenvalue weighted by Gasteiger charge is 2.13. The zero-order valence-corrected chi connectivity index (χ0v) is 16.9. The molecular formula is C20H36N2O3. The van der Waals surface area contributed by atoms with Crippen molar-refractivity contribution in [2.45, 2.75) is 40.5 Å². The van der Waals surface area contributed by atoms with Gasteiger partial charge >= 0.3 is 0 Å². The molecule has 0 spiro atoms. The molecule has 144 valence electrons. The summed E-state index contributed by atoms with van der Waals surface area (Å²) in [7, 11) is 3.99. The van der Waals surface area contributed by atoms with E-state index in [1.807, 2.05) is 52.8 Å². The largest absolute Gasteiger partial charge is 0.491 e. The number of aldehydes is 1. The van der Waals surface area contributed by atoms with Crippen LogP contribution in [0.2, 0.25) is 0 Å². The van der Waals surface area contributed by atoms with E-state index in [4.69, 9.17) is 9.47 Å². The molecule has 1 saturated heterocycles. The number of nitrogens with zero attached hydrogens (tertiary/aromatic N) is 2. The molecule has 1 aromatic carbocycles. The molecular weight excluding hydrogens is 316 g/mol. The molecule has 5 heteroatoms. The van der Waals surface area contributed by atoms with E-state index >= 15 is 0 Å². The van der Waals surface area contributed by atoms with Gasteiger partial charge in [-0.05, 0) is 24.6 Å². The van der Waals surface area contributed by atoms with Crippen molar-refractivity contribution < 1.29 is 14.3 Å². The van der Waals surface area contributed by atoms with Gasteiger partial charge in [-0.25, -0.2) is 0 Å². The van der Waals surface area contributed by atoms with Gasteiger partial charge in [-0.2, -0.15) is 0 Å². The second-order valence-corrected chi connectivity index (χ2v) is 5.30. The van der Waals surface area contributed by atoms with Gasteiger partial charge in [0.2, 0.25) is 0 Å². The smallest absolute Gasteiger partial charge is 0.142 e. The van der Waals surface area contributed by atoms with Gasteiger partial charge in [-0.15, -0.1) is 0 Å². The van der Waals surface area contributed by atoms with Crippen LogP contribution in [0.25, 0.3) is 0 Å². The fourth-order valence-corrected chi connectivity index (χ4v) is 2.40. The fourth-order valence-electron chi connectivity index (χ4n) is 2.40. The Morgan fingerprint density at radius 1 is 1.16 bits per heavy atom. The Morgan fingerprint density at radius 3 is 2.52 bits per heavy atom. The van der Waals surface area contributed by atoms with Crippen molar-refractivity contribution in [3.63, 3.8) is 0 Å². The van der Waals surface area contributed by atoms with Crippen LogP contribution in [0.15, 0.2) is 18.2 Å². The quantitative estimate of drug-likeness (QED) is 0.572. The Kier molecular flexibility index (Phi) is 13.6. The zero-order valence-electron chi connectivity index (χ0n) is 16.9. The summed E-state index contributed by atoms with van der Waals surface area (Å²) < 4.78 is 11.2. The van der Waals surface area contributed by atoms with Crippen molar-refractivity contribution in [1.82, 2.24) is 0 Å². The number of hydrogen-bond donors (Lipinski definition) is 0. The van der Waals surface area contributed by atoms with Crippen LogP contribution < -0.4 is 14.5 Å². The third-order valence-corrected chi connectivity index (χ3v) is 3.50. The molecule has 0 saturated carbocycles. The van der Waals surface area contributed by atoms with Crippen molar-refractivity contribution in [1.29, 1.82) is 0 Å². The minimum atomic E-state index is 0.415. The number of carbonyl (C=O) groups excluding carboxylic acids is 1. The normalized spacial score (nSPS) is 13.4. The van der Waals surface area contributed by atoms with Crippen LogP contribution in [0.5, 0.6) is 5.75 Å². The number of carbonyl (C=O) groups is 1. The molecule has 1 fully saturated rings. The summed E-state index contributed by atoms with van der Waals surface area (Å²) in [4.78, 5) is 14.8. The molecule has 0 N–H and O–H groups in total. The van der Waals surface area contributed by atoms with E-state index in [-0.39, 0.29) is 0 Å². The minimum Gasteiger partial charge on any atom is -0.491 e. The first-order chi connectivity index (χ1) is 12.2. The number of benzene rings is 1. The van der Waals surface area contributed by atoms with Crippen molar-refractivity contribution in [3.8, 4) is 5.75 Å². The molecule has 5 nitrogen and oxygen atoms in total. The van der Waals surface area contributed by atoms with Gasteiger partial charge in [0.25, 0.3) is 0 Å². The van der Waals surface area contributed by atoms with Crippen LogP contribution >= 0.6 is 0 Å². The lowest BCUT2D eigenvalue weighted by molar-refractivity contribution is -0.108. The summed E-state index contributed by atoms with van der Waals surface area (Å²) >= 11 is 0. The molecule has 0 amide bonds. The van der Waals surface area contributed by atoms with E-state index in [2.05, 4.69) is 17.0 Å². The number of anilines is 2. The predicted octanol–water partition coefficient (Wildman–Crippen LogP) is 4.00. The standard InChI is InChI=1S/C16H24N2O3.2C2H6/c1-17(2)15-13-14(18-7-3-10-20-12-8-18)5-6-16(15)21-11-4-9-19;2*1-2/h5-6,9,13H,3-4,7-8,10-12H2,1-2H3;2*1-2H3. The van der Waals surface area contributed by atoms with Crippen LogP contribution in [0.4, 0.5) is 11.4 Å². The summed E-state index contributed by atoms with van der Waals surface area (Å²) in [5, 5.41) is 0. The summed E-state index contributed by atoms with van der Waals surface area (Å²) in [6.45, 7) is 12.0. The maximum Gasteiger partial charge on any atom is 0.142 e. The highest BCUT2D eigenvalue weighted by molar-refractivity contribution is 5.66. The Bertz CT molecular complexity index is 456. The second-order valence-electron chi connectivity index (χ2n) is 5.30. The maximum atomic E-state index is 10.4. The Balaban J connectivity index is 0.00000134. The van der Waals surface area contributed by atoms with Gasteiger partial charge in [0.15, 0.2) is 0 Å². The Hall–Kier alpha value is -1.75. The summed E-state index contributed by atoms with van der Waals surface area (Å²) in [6, 6.07) is 6.21. The summed E-state index contributed by atoms with van der Waals surface area (Å²) in [5.74, 6) is 0.816. The molecule has 0 unspecified atom stereocenters. The SMILES string of the molecule is CC.CC.CN(C)c1cc(N2CCCOCC2)ccc1OCCC=O. The molecule has 0 aromatic heterocycles. The first-order valence-electron chi connectivity index (χ1n) is 9.43. The van der Waals surface area contributed by atoms with Gasteiger partial charge in [-0.3, -0.25) is 0 Å². The van der Waals surface area contributed by atoms with Crippen LogP contribution in [-0.2, 0) is 9.53 Å². The molecule has 25 heavy (non-hydrogen) atoms. The Labute approximate surface area is 153 Å². The monoisotopic (exact) mass is 352 g/mol. The number of rotatable bonds is 6. The lowest BCUT2D eigenvalue weighted by Crippen LogP contribution is -2.26. The van der Waals surface area contributed by atoms with Crippen LogP contribution in [0.3, 0.4) is 0 Å². The minimum absolute atomic E-state index is 0.415. The van der Waals surface area contributed by atoms with E-state index in [9.17, 15) is 4.79 Å². The average Bonchev–Trinajstić information content (AvgIpc) is 2.95. The van der Waals surface area contributed by atoms with Crippen LogP contribution in [-0.4, -0.2) is 53.3 Å². The van der Waals surface area contributed by atoms with Crippen LogP contribution in [0.1, 0.15) is 40.5 Å². The zero-order chi connectivity index (χ0) is 19.1. The van der Waals surface area contributed by atoms with E-state index in [1.54, 1.807) is 0 Å². The first-order valence-corrected chi connectivity index (χ1v) is 9.43. The third-order valence-electron chi connectivity index (χ3n) is 3.50. The second kappa shape index (κ2) is 14.6. The van der Waals surface area contributed by atoms with Gasteiger partial charge in [0, 0.05) is 45.9 Å². The number of hydrogen-bond acceptors (Lipinski definition) is 5. The van der Waals surface area contributed by atoms with Crippen molar-refractivity contribution >= 4 is 17.7 Å². The lowest BCUT2D eigenvalue weighted by Gasteiger charge is -2.25. The first kappa shape index (κ1) is 23.2. The molecule has 1 heterocycles. The molecule has 0 atom stereocenters. The summed E-state index contributed by atoms with van der Waals surface area (Å²) in [6.07, 6.45) is 2.34. The molecule has 0 aliphatic carbocycles. The fraction of sp³-hybridized carbons (Fsp3) is 0.650. The van der Waals surface area contributed by atoms with E-state index in [0.717, 1.165) is 50.4 Å². The van der Waals surface area contributed by atoms with Crippen molar-refractivity contribution in [3.05, 3.63) is 18.2 Å². The highest BCUT2D eigenvalue weighted by Crippen LogP contribution is 2.32. The molecule has 0 bridgehead atoms. The molecule has 1 aromatic rings. The van der Waals surface area contributed by atoms with Crippen molar-refractivity contribution in [2.24, 2.45) is 0 Å².